The molecule has 0 amide bonds. The topological polar surface area (TPSA) is 17.1 Å². The number of rotatable bonds is 0. The predicted octanol–water partition coefficient (Wildman–Crippen LogP) is 1.92. The number of carbonyl (C=O) groups excluding carboxylic acids is 1. The third-order valence-corrected chi connectivity index (χ3v) is 2.37. The Balaban J connectivity index is 2.55. The van der Waals surface area contributed by atoms with Crippen LogP contribution in [0.15, 0.2) is 24.3 Å². The molecule has 1 aromatic rings. The van der Waals surface area contributed by atoms with E-state index in [2.05, 4.69) is 0 Å². The zero-order valence-corrected chi connectivity index (χ0v) is 6.50. The number of benzene rings is 1. The van der Waals surface area contributed by atoms with Crippen LogP contribution in [-0.2, 0) is 11.2 Å². The van der Waals surface area contributed by atoms with E-state index in [1.807, 2.05) is 31.2 Å². The molecule has 1 atom stereocenters. The summed E-state index contributed by atoms with van der Waals surface area (Å²) in [7, 11) is 0. The van der Waals surface area contributed by atoms with Gasteiger partial charge in [0.2, 0.25) is 0 Å². The van der Waals surface area contributed by atoms with Crippen LogP contribution in [0.5, 0.6) is 0 Å². The molecule has 0 aliphatic heterocycles. The fraction of sp³-hybridized carbons (Fsp3) is 0.300. The van der Waals surface area contributed by atoms with Crippen LogP contribution in [0.25, 0.3) is 0 Å². The van der Waals surface area contributed by atoms with Gasteiger partial charge in [0.15, 0.2) is 0 Å². The quantitative estimate of drug-likeness (QED) is 0.546. The molecule has 0 N–H and O–H groups in total. The lowest BCUT2D eigenvalue weighted by Gasteiger charge is -2.00. The van der Waals surface area contributed by atoms with Gasteiger partial charge in [-0.3, -0.25) is 4.79 Å². The van der Waals surface area contributed by atoms with Gasteiger partial charge in [-0.2, -0.15) is 0 Å². The van der Waals surface area contributed by atoms with Gasteiger partial charge in [0.05, 0.1) is 0 Å². The Morgan fingerprint density at radius 3 is 2.82 bits per heavy atom. The Bertz CT molecular complexity index is 301. The maximum Gasteiger partial charge on any atom is 0.144 e. The minimum Gasteiger partial charge on any atom is -0.299 e. The summed E-state index contributed by atoms with van der Waals surface area (Å²) in [6.45, 7) is 1.98. The van der Waals surface area contributed by atoms with Crippen LogP contribution in [0.4, 0.5) is 0 Å². The second-order valence-electron chi connectivity index (χ2n) is 3.06. The van der Waals surface area contributed by atoms with E-state index in [1.54, 1.807) is 0 Å². The van der Waals surface area contributed by atoms with Crippen molar-refractivity contribution in [1.29, 1.82) is 0 Å². The van der Waals surface area contributed by atoms with E-state index in [1.165, 1.54) is 11.1 Å². The number of hydrogen-bond donors (Lipinski definition) is 0. The van der Waals surface area contributed by atoms with E-state index in [-0.39, 0.29) is 5.92 Å². The molecule has 0 heterocycles. The van der Waals surface area contributed by atoms with Crippen LogP contribution in [0.2, 0.25) is 0 Å². The minimum absolute atomic E-state index is 0.131. The number of Topliss-reactive ketones (excluding diaryl/α,β-unsaturated/α-hetero) is 1. The van der Waals surface area contributed by atoms with Crippen molar-refractivity contribution in [3.05, 3.63) is 35.4 Å². The SMILES string of the molecule is C[C@@H]1C(=O)Cc2ccccc21. The van der Waals surface area contributed by atoms with Crippen molar-refractivity contribution in [1.82, 2.24) is 0 Å². The van der Waals surface area contributed by atoms with Gasteiger partial charge in [-0.1, -0.05) is 31.2 Å². The fourth-order valence-electron chi connectivity index (χ4n) is 1.63. The Morgan fingerprint density at radius 2 is 2.09 bits per heavy atom. The molecule has 1 aromatic carbocycles. The predicted molar refractivity (Wildman–Crippen MR) is 43.6 cm³/mol. The first-order chi connectivity index (χ1) is 5.29. The van der Waals surface area contributed by atoms with E-state index >= 15 is 0 Å². The smallest absolute Gasteiger partial charge is 0.144 e. The molecule has 0 saturated heterocycles. The second kappa shape index (κ2) is 2.19. The third kappa shape index (κ3) is 0.881. The highest BCUT2D eigenvalue weighted by Gasteiger charge is 2.25. The molecule has 11 heavy (non-hydrogen) atoms. The second-order valence-corrected chi connectivity index (χ2v) is 3.06. The van der Waals surface area contributed by atoms with Gasteiger partial charge in [0.1, 0.15) is 5.78 Å². The molecule has 0 fully saturated rings. The largest absolute Gasteiger partial charge is 0.299 e. The normalized spacial score (nSPS) is 21.9. The molecule has 0 bridgehead atoms. The lowest BCUT2D eigenvalue weighted by Crippen LogP contribution is -2.00. The number of hydrogen-bond acceptors (Lipinski definition) is 1. The molecule has 1 aliphatic rings. The van der Waals surface area contributed by atoms with Crippen LogP contribution in [0, 0.1) is 0 Å². The minimum atomic E-state index is 0.131. The summed E-state index contributed by atoms with van der Waals surface area (Å²) in [5.74, 6) is 0.484. The van der Waals surface area contributed by atoms with Crippen LogP contribution >= 0.6 is 0 Å². The monoisotopic (exact) mass is 146 g/mol. The Hall–Kier alpha value is -1.11. The van der Waals surface area contributed by atoms with Crippen molar-refractivity contribution >= 4 is 5.78 Å². The molecule has 56 valence electrons. The van der Waals surface area contributed by atoms with E-state index < -0.39 is 0 Å². The molecule has 0 spiro atoms. The molecule has 0 aromatic heterocycles. The summed E-state index contributed by atoms with van der Waals surface area (Å²) in [5.41, 5.74) is 2.43. The lowest BCUT2D eigenvalue weighted by molar-refractivity contribution is -0.118. The first-order valence-corrected chi connectivity index (χ1v) is 3.89. The average Bonchev–Trinajstić information content (AvgIpc) is 2.30. The van der Waals surface area contributed by atoms with Gasteiger partial charge >= 0.3 is 0 Å². The summed E-state index contributed by atoms with van der Waals surface area (Å²) in [4.78, 5) is 11.2. The number of ketones is 1. The third-order valence-electron chi connectivity index (χ3n) is 2.37. The van der Waals surface area contributed by atoms with Gasteiger partial charge in [-0.15, -0.1) is 0 Å². The summed E-state index contributed by atoms with van der Waals surface area (Å²) < 4.78 is 0. The molecular weight excluding hydrogens is 136 g/mol. The maximum absolute atomic E-state index is 11.2. The number of carbonyl (C=O) groups is 1. The molecule has 0 unspecified atom stereocenters. The van der Waals surface area contributed by atoms with Crippen molar-refractivity contribution in [2.45, 2.75) is 19.3 Å². The van der Waals surface area contributed by atoms with Crippen molar-refractivity contribution < 1.29 is 4.79 Å². The van der Waals surface area contributed by atoms with Gasteiger partial charge < -0.3 is 0 Å². The molecule has 0 radical (unpaired) electrons. The highest BCUT2D eigenvalue weighted by Crippen LogP contribution is 2.28. The Morgan fingerprint density at radius 1 is 1.36 bits per heavy atom. The Kier molecular flexibility index (Phi) is 1.31. The van der Waals surface area contributed by atoms with Gasteiger partial charge in [-0.25, -0.2) is 0 Å². The van der Waals surface area contributed by atoms with Crippen LogP contribution in [0.1, 0.15) is 24.0 Å². The molecule has 1 nitrogen and oxygen atoms in total. The van der Waals surface area contributed by atoms with Crippen molar-refractivity contribution in [2.75, 3.05) is 0 Å². The first-order valence-electron chi connectivity index (χ1n) is 3.89. The van der Waals surface area contributed by atoms with Crippen molar-refractivity contribution in [2.24, 2.45) is 0 Å². The molecule has 2 rings (SSSR count). The zero-order chi connectivity index (χ0) is 7.84. The lowest BCUT2D eigenvalue weighted by atomic mass is 10.0. The highest BCUT2D eigenvalue weighted by atomic mass is 16.1. The summed E-state index contributed by atoms with van der Waals surface area (Å²) in [6.07, 6.45) is 0.636. The molecule has 1 aliphatic carbocycles. The highest BCUT2D eigenvalue weighted by molar-refractivity contribution is 5.92. The average molecular weight is 146 g/mol. The Labute approximate surface area is 66.0 Å². The van der Waals surface area contributed by atoms with Crippen molar-refractivity contribution in [3.8, 4) is 0 Å². The van der Waals surface area contributed by atoms with Crippen LogP contribution < -0.4 is 0 Å². The first kappa shape index (κ1) is 6.59. The van der Waals surface area contributed by atoms with Gasteiger partial charge in [0.25, 0.3) is 0 Å². The van der Waals surface area contributed by atoms with Gasteiger partial charge in [-0.05, 0) is 11.1 Å². The van der Waals surface area contributed by atoms with Crippen LogP contribution in [0.3, 0.4) is 0 Å². The zero-order valence-electron chi connectivity index (χ0n) is 6.50. The fourth-order valence-corrected chi connectivity index (χ4v) is 1.63. The van der Waals surface area contributed by atoms with E-state index in [0.29, 0.717) is 12.2 Å². The van der Waals surface area contributed by atoms with Crippen LogP contribution in [-0.4, -0.2) is 5.78 Å². The molecule has 0 saturated carbocycles. The summed E-state index contributed by atoms with van der Waals surface area (Å²) in [5, 5.41) is 0. The van der Waals surface area contributed by atoms with E-state index in [9.17, 15) is 4.79 Å². The summed E-state index contributed by atoms with van der Waals surface area (Å²) >= 11 is 0. The van der Waals surface area contributed by atoms with Crippen molar-refractivity contribution in [3.63, 3.8) is 0 Å². The number of fused-ring (bicyclic) bond motifs is 1. The molecular formula is C10H10O. The molecule has 1 heteroatoms. The maximum atomic E-state index is 11.2. The van der Waals surface area contributed by atoms with E-state index in [0.717, 1.165) is 0 Å². The van der Waals surface area contributed by atoms with Gasteiger partial charge in [0, 0.05) is 12.3 Å². The summed E-state index contributed by atoms with van der Waals surface area (Å²) in [6, 6.07) is 8.07. The van der Waals surface area contributed by atoms with E-state index in [4.69, 9.17) is 0 Å². The standard InChI is InChI=1S/C10H10O/c1-7-9-5-3-2-4-8(9)6-10(7)11/h2-5,7H,6H2,1H3/t7-/m0/s1.